The van der Waals surface area contributed by atoms with Crippen molar-refractivity contribution in [1.29, 1.82) is 0 Å². The second-order valence-electron chi connectivity index (χ2n) is 2.84. The van der Waals surface area contributed by atoms with E-state index in [1.54, 1.807) is 6.92 Å². The predicted octanol–water partition coefficient (Wildman–Crippen LogP) is -0.738. The molecule has 0 aromatic heterocycles. The summed E-state index contributed by atoms with van der Waals surface area (Å²) in [5.41, 5.74) is 0. The average Bonchev–Trinajstić information content (AvgIpc) is 2.15. The van der Waals surface area contributed by atoms with Crippen LogP contribution in [-0.2, 0) is 24.3 Å². The van der Waals surface area contributed by atoms with Gasteiger partial charge in [0.25, 0.3) is 10.1 Å². The van der Waals surface area contributed by atoms with Gasteiger partial charge in [0, 0.05) is 6.61 Å². The number of hydrogen-bond acceptors (Lipinski definition) is 6. The molecule has 0 radical (unpaired) electrons. The Morgan fingerprint density at radius 2 is 1.88 bits per heavy atom. The summed E-state index contributed by atoms with van der Waals surface area (Å²) in [4.78, 5) is 0. The van der Waals surface area contributed by atoms with E-state index in [1.165, 1.54) is 0 Å². The SMILES string of the molecule is CCOC(CS(=O)(=O)O)OCCOCCO. The highest BCUT2D eigenvalue weighted by Gasteiger charge is 2.17. The van der Waals surface area contributed by atoms with Crippen LogP contribution in [-0.4, -0.2) is 63.2 Å². The van der Waals surface area contributed by atoms with Crippen LogP contribution >= 0.6 is 0 Å². The summed E-state index contributed by atoms with van der Waals surface area (Å²) in [7, 11) is -4.12. The smallest absolute Gasteiger partial charge is 0.269 e. The topological polar surface area (TPSA) is 102 Å². The van der Waals surface area contributed by atoms with Gasteiger partial charge in [-0.05, 0) is 6.92 Å². The third kappa shape index (κ3) is 10.3. The zero-order valence-corrected chi connectivity index (χ0v) is 9.98. The van der Waals surface area contributed by atoms with Gasteiger partial charge in [-0.25, -0.2) is 0 Å². The lowest BCUT2D eigenvalue weighted by Crippen LogP contribution is -2.28. The predicted molar refractivity (Wildman–Crippen MR) is 55.7 cm³/mol. The maximum Gasteiger partial charge on any atom is 0.269 e. The van der Waals surface area contributed by atoms with Crippen LogP contribution in [0.15, 0.2) is 0 Å². The molecule has 0 aromatic carbocycles. The Hall–Kier alpha value is -0.250. The van der Waals surface area contributed by atoms with Crippen LogP contribution < -0.4 is 0 Å². The molecule has 0 aliphatic rings. The fraction of sp³-hybridized carbons (Fsp3) is 1.00. The van der Waals surface area contributed by atoms with Crippen molar-refractivity contribution in [1.82, 2.24) is 0 Å². The Morgan fingerprint density at radius 3 is 2.38 bits per heavy atom. The van der Waals surface area contributed by atoms with Crippen LogP contribution in [0.4, 0.5) is 0 Å². The van der Waals surface area contributed by atoms with E-state index in [-0.39, 0.29) is 33.0 Å². The number of aliphatic hydroxyl groups excluding tert-OH is 1. The average molecular weight is 258 g/mol. The molecule has 1 atom stereocenters. The largest absolute Gasteiger partial charge is 0.394 e. The Balaban J connectivity index is 3.77. The van der Waals surface area contributed by atoms with E-state index in [9.17, 15) is 8.42 Å². The molecule has 2 N–H and O–H groups in total. The van der Waals surface area contributed by atoms with Crippen molar-refractivity contribution in [3.63, 3.8) is 0 Å². The van der Waals surface area contributed by atoms with Crippen LogP contribution in [0.2, 0.25) is 0 Å². The van der Waals surface area contributed by atoms with Crippen LogP contribution in [0, 0.1) is 0 Å². The third-order valence-corrected chi connectivity index (χ3v) is 2.16. The second-order valence-corrected chi connectivity index (χ2v) is 4.34. The van der Waals surface area contributed by atoms with E-state index in [0.29, 0.717) is 0 Å². The second kappa shape index (κ2) is 8.85. The number of rotatable bonds is 10. The minimum Gasteiger partial charge on any atom is -0.394 e. The van der Waals surface area contributed by atoms with E-state index < -0.39 is 22.2 Å². The van der Waals surface area contributed by atoms with Gasteiger partial charge in [-0.15, -0.1) is 0 Å². The molecule has 0 bridgehead atoms. The first-order valence-electron chi connectivity index (χ1n) is 4.86. The van der Waals surface area contributed by atoms with Gasteiger partial charge in [0.05, 0.1) is 26.4 Å². The van der Waals surface area contributed by atoms with Crippen molar-refractivity contribution in [3.05, 3.63) is 0 Å². The molecule has 0 heterocycles. The third-order valence-electron chi connectivity index (χ3n) is 1.47. The van der Waals surface area contributed by atoms with Gasteiger partial charge in [0.15, 0.2) is 6.29 Å². The molecular weight excluding hydrogens is 240 g/mol. The first kappa shape index (κ1) is 15.8. The maximum atomic E-state index is 10.6. The molecule has 7 nitrogen and oxygen atoms in total. The molecular formula is C8H18O7S. The highest BCUT2D eigenvalue weighted by atomic mass is 32.2. The molecule has 0 rings (SSSR count). The number of hydrogen-bond donors (Lipinski definition) is 2. The summed E-state index contributed by atoms with van der Waals surface area (Å²) in [6.45, 7) is 2.41. The van der Waals surface area contributed by atoms with E-state index in [4.69, 9.17) is 23.9 Å². The van der Waals surface area contributed by atoms with Crippen LogP contribution in [0.5, 0.6) is 0 Å². The van der Waals surface area contributed by atoms with Gasteiger partial charge in [0.2, 0.25) is 0 Å². The van der Waals surface area contributed by atoms with Gasteiger partial charge >= 0.3 is 0 Å². The molecule has 16 heavy (non-hydrogen) atoms. The first-order valence-corrected chi connectivity index (χ1v) is 6.47. The van der Waals surface area contributed by atoms with Crippen molar-refractivity contribution in [2.24, 2.45) is 0 Å². The lowest BCUT2D eigenvalue weighted by Gasteiger charge is -2.16. The van der Waals surface area contributed by atoms with Crippen molar-refractivity contribution < 1.29 is 32.3 Å². The van der Waals surface area contributed by atoms with Crippen molar-refractivity contribution in [2.75, 3.05) is 38.8 Å². The first-order chi connectivity index (χ1) is 7.49. The van der Waals surface area contributed by atoms with Crippen molar-refractivity contribution in [3.8, 4) is 0 Å². The zero-order chi connectivity index (χ0) is 12.4. The maximum absolute atomic E-state index is 10.6. The van der Waals surface area contributed by atoms with E-state index in [1.807, 2.05) is 0 Å². The Kier molecular flexibility index (Phi) is 8.71. The molecule has 0 aromatic rings. The van der Waals surface area contributed by atoms with Crippen molar-refractivity contribution >= 4 is 10.1 Å². The molecule has 1 unspecified atom stereocenters. The van der Waals surface area contributed by atoms with E-state index in [0.717, 1.165) is 0 Å². The van der Waals surface area contributed by atoms with Gasteiger partial charge in [-0.1, -0.05) is 0 Å². The van der Waals surface area contributed by atoms with Crippen molar-refractivity contribution in [2.45, 2.75) is 13.2 Å². The van der Waals surface area contributed by atoms with Crippen LogP contribution in [0.1, 0.15) is 6.92 Å². The van der Waals surface area contributed by atoms with E-state index in [2.05, 4.69) is 0 Å². The molecule has 0 amide bonds. The highest BCUT2D eigenvalue weighted by Crippen LogP contribution is 1.99. The van der Waals surface area contributed by atoms with E-state index >= 15 is 0 Å². The number of aliphatic hydroxyl groups is 1. The lowest BCUT2D eigenvalue weighted by atomic mass is 10.7. The molecule has 0 aliphatic heterocycles. The fourth-order valence-corrected chi connectivity index (χ4v) is 1.44. The normalized spacial score (nSPS) is 13.9. The molecule has 0 spiro atoms. The van der Waals surface area contributed by atoms with Crippen LogP contribution in [0.25, 0.3) is 0 Å². The Bertz CT molecular complexity index is 251. The summed E-state index contributed by atoms with van der Waals surface area (Å²) in [5.74, 6) is -0.610. The summed E-state index contributed by atoms with van der Waals surface area (Å²) in [5, 5.41) is 8.41. The van der Waals surface area contributed by atoms with Gasteiger partial charge in [-0.2, -0.15) is 8.42 Å². The Morgan fingerprint density at radius 1 is 1.19 bits per heavy atom. The molecule has 0 saturated carbocycles. The molecule has 8 heteroatoms. The molecule has 0 aliphatic carbocycles. The van der Waals surface area contributed by atoms with Gasteiger partial charge in [-0.3, -0.25) is 4.55 Å². The van der Waals surface area contributed by atoms with Gasteiger partial charge < -0.3 is 19.3 Å². The molecule has 0 fully saturated rings. The molecule has 98 valence electrons. The Labute approximate surface area is 95.1 Å². The lowest BCUT2D eigenvalue weighted by molar-refractivity contribution is -0.135. The zero-order valence-electron chi connectivity index (χ0n) is 9.16. The van der Waals surface area contributed by atoms with Crippen LogP contribution in [0.3, 0.4) is 0 Å². The highest BCUT2D eigenvalue weighted by molar-refractivity contribution is 7.85. The summed E-state index contributed by atoms with van der Waals surface area (Å²) in [6, 6.07) is 0. The minimum absolute atomic E-state index is 0.0834. The van der Waals surface area contributed by atoms with Gasteiger partial charge in [0.1, 0.15) is 5.75 Å². The monoisotopic (exact) mass is 258 g/mol. The minimum atomic E-state index is -4.12. The standard InChI is InChI=1S/C8H18O7S/c1-2-14-8(7-16(10,11)12)15-6-5-13-4-3-9/h8-9H,2-7H2,1H3,(H,10,11,12). The summed E-state index contributed by atoms with van der Waals surface area (Å²) >= 11 is 0. The summed E-state index contributed by atoms with van der Waals surface area (Å²) < 4.78 is 44.7. The quantitative estimate of drug-likeness (QED) is 0.302. The fourth-order valence-electron chi connectivity index (χ4n) is 0.907. The molecule has 0 saturated heterocycles. The number of ether oxygens (including phenoxy) is 3. The summed E-state index contributed by atoms with van der Waals surface area (Å²) in [6.07, 6.45) is -1.00.